The van der Waals surface area contributed by atoms with Crippen LogP contribution < -0.4 is 31.5 Å². The number of nitrogens with zero attached hydrogens (tertiary/aromatic N) is 10. The monoisotopic (exact) mass is 915 g/mol. The summed E-state index contributed by atoms with van der Waals surface area (Å²) in [6.07, 6.45) is 0. The van der Waals surface area contributed by atoms with Crippen LogP contribution in [-0.4, -0.2) is 45.2 Å². The van der Waals surface area contributed by atoms with Crippen molar-refractivity contribution < 1.29 is 67.6 Å². The van der Waals surface area contributed by atoms with Crippen LogP contribution in [0.2, 0.25) is 0 Å². The molecule has 1 radical (unpaired) electrons. The molecular weight excluding hydrogens is 889 g/mol. The number of hydrogen-bond donors (Lipinski definition) is 0. The molecule has 6 rings (SSSR count). The number of aryl methyl sites for hydroxylation is 4. The molecule has 4 aromatic carbocycles. The molecule has 2 aromatic heterocycles. The fraction of sp³-hybridized carbons (Fsp3) is 0.118. The van der Waals surface area contributed by atoms with E-state index in [1.165, 1.54) is 50.2 Å². The second kappa shape index (κ2) is 18.0. The summed E-state index contributed by atoms with van der Waals surface area (Å²) in [7, 11) is -9.28. The van der Waals surface area contributed by atoms with Gasteiger partial charge < -0.3 is 38.9 Å². The van der Waals surface area contributed by atoms with Gasteiger partial charge in [-0.3, -0.25) is 29.8 Å². The molecule has 0 saturated heterocycles. The number of azo groups is 2. The number of nitro benzene ring substituents is 2. The van der Waals surface area contributed by atoms with Crippen LogP contribution in [-0.2, 0) is 37.6 Å². The van der Waals surface area contributed by atoms with Gasteiger partial charge in [0.15, 0.2) is 0 Å². The van der Waals surface area contributed by atoms with Crippen LogP contribution in [0.4, 0.5) is 34.1 Å². The third-order valence-electron chi connectivity index (χ3n) is 8.01. The molecule has 0 N–H and O–H groups in total. The fourth-order valence-electron chi connectivity index (χ4n) is 5.18. The molecular formula is C34H27CrN10O14S2. The van der Waals surface area contributed by atoms with Gasteiger partial charge in [0.25, 0.3) is 22.5 Å². The van der Waals surface area contributed by atoms with Crippen molar-refractivity contribution in [1.29, 1.82) is 0 Å². The third kappa shape index (κ3) is 10.4. The molecule has 0 aliphatic rings. The van der Waals surface area contributed by atoms with Crippen LogP contribution >= 0.6 is 0 Å². The smallest absolute Gasteiger partial charge is 0.866 e. The Labute approximate surface area is 357 Å². The number of rotatable bonds is 10. The molecule has 0 fully saturated rings. The minimum absolute atomic E-state index is 0. The van der Waals surface area contributed by atoms with Gasteiger partial charge >= 0.3 is 21.6 Å². The quantitative estimate of drug-likeness (QED) is 0.0817. The van der Waals surface area contributed by atoms with Gasteiger partial charge in [-0.1, -0.05) is 13.8 Å². The Morgan fingerprint density at radius 3 is 1.16 bits per heavy atom. The van der Waals surface area contributed by atoms with Crippen molar-refractivity contribution in [3.8, 4) is 22.9 Å². The molecule has 0 bridgehead atoms. The van der Waals surface area contributed by atoms with Crippen molar-refractivity contribution >= 4 is 54.4 Å². The van der Waals surface area contributed by atoms with Crippen molar-refractivity contribution in [2.24, 2.45) is 20.5 Å². The van der Waals surface area contributed by atoms with Crippen LogP contribution in [0.5, 0.6) is 11.5 Å². The van der Waals surface area contributed by atoms with E-state index >= 15 is 0 Å². The molecule has 0 aliphatic heterocycles. The first-order valence-corrected chi connectivity index (χ1v) is 19.2. The molecule has 2 heterocycles. The van der Waals surface area contributed by atoms with Gasteiger partial charge in [0.2, 0.25) is 0 Å². The number of nitro groups is 2. The normalized spacial score (nSPS) is 11.6. The maximum Gasteiger partial charge on any atom is 3.00 e. The SMILES string of the molecule is Cc1cc(N=Nc2c(C)[n-]n(-c3ccc(S(=O)(=O)[O-])cc3)c2=O)c([O-])c([N+](=O)[O-])c1.Cc1cc(N=Nc2c(C)[n-]n(-c3ccc(S(=O)(=O)[O-])cc3)c2=O)c([O-])c([N+](=O)[O-])c1.[Cr+3].[H+].[H+].[H+]. The maximum absolute atomic E-state index is 12.6. The third-order valence-corrected chi connectivity index (χ3v) is 9.71. The van der Waals surface area contributed by atoms with Crippen LogP contribution in [0.3, 0.4) is 0 Å². The fourth-order valence-corrected chi connectivity index (χ4v) is 6.12. The summed E-state index contributed by atoms with van der Waals surface area (Å²) in [6.45, 7) is 6.00. The van der Waals surface area contributed by atoms with E-state index in [-0.39, 0.29) is 67.2 Å². The molecule has 0 amide bonds. The van der Waals surface area contributed by atoms with Crippen molar-refractivity contribution in [2.45, 2.75) is 37.5 Å². The molecule has 0 unspecified atom stereocenters. The van der Waals surface area contributed by atoms with E-state index in [0.29, 0.717) is 11.1 Å². The summed E-state index contributed by atoms with van der Waals surface area (Å²) >= 11 is 0. The number of benzene rings is 4. The Hall–Kier alpha value is -7.15. The standard InChI is InChI=1S/2C17H15N5O7S.Cr/c2*1-9-7-13(16(23)14(8-9)22(25)26)18-19-15-10(2)20-21(17(15)24)11-3-5-12(6-4-11)30(27,28)29;/h2*3-8H,1-2H3,(H3,18,19,20,23,24,27,28,29);/q;;+3/p-3. The molecule has 0 atom stereocenters. The van der Waals surface area contributed by atoms with E-state index in [4.69, 9.17) is 0 Å². The Balaban J connectivity index is 0.000000602. The summed E-state index contributed by atoms with van der Waals surface area (Å²) in [6, 6.07) is 13.8. The van der Waals surface area contributed by atoms with Crippen molar-refractivity contribution in [3.05, 3.63) is 136 Å². The van der Waals surface area contributed by atoms with E-state index in [2.05, 4.69) is 30.7 Å². The van der Waals surface area contributed by atoms with Gasteiger partial charge in [-0.05, 0) is 85.6 Å². The zero-order chi connectivity index (χ0) is 44.4. The van der Waals surface area contributed by atoms with Crippen molar-refractivity contribution in [1.82, 2.24) is 19.6 Å². The molecule has 6 aromatic rings. The van der Waals surface area contributed by atoms with Gasteiger partial charge in [0, 0.05) is 35.0 Å². The summed E-state index contributed by atoms with van der Waals surface area (Å²) in [5.41, 5.74) is -2.31. The van der Waals surface area contributed by atoms with Gasteiger partial charge in [-0.15, -0.1) is 21.6 Å². The topological polar surface area (TPSA) is 368 Å². The summed E-state index contributed by atoms with van der Waals surface area (Å²) in [4.78, 5) is 44.5. The number of aromatic nitrogens is 4. The van der Waals surface area contributed by atoms with Crippen molar-refractivity contribution in [3.63, 3.8) is 0 Å². The van der Waals surface area contributed by atoms with Crippen LogP contribution in [0.1, 0.15) is 26.8 Å². The van der Waals surface area contributed by atoms with Crippen molar-refractivity contribution in [2.75, 3.05) is 0 Å². The Morgan fingerprint density at radius 1 is 0.574 bits per heavy atom. The summed E-state index contributed by atoms with van der Waals surface area (Å²) in [5.74, 6) is -1.89. The van der Waals surface area contributed by atoms with E-state index in [1.807, 2.05) is 0 Å². The van der Waals surface area contributed by atoms with Crippen LogP contribution in [0.15, 0.2) is 113 Å². The Morgan fingerprint density at radius 2 is 0.885 bits per heavy atom. The first-order chi connectivity index (χ1) is 28.0. The van der Waals surface area contributed by atoms with Gasteiger partial charge in [-0.25, -0.2) is 16.8 Å². The van der Waals surface area contributed by atoms with Gasteiger partial charge in [0.1, 0.15) is 31.6 Å². The molecule has 27 heteroatoms. The predicted octanol–water partition coefficient (Wildman–Crippen LogP) is 3.76. The average Bonchev–Trinajstić information content (AvgIpc) is 3.62. The average molecular weight is 916 g/mol. The molecule has 61 heavy (non-hydrogen) atoms. The first kappa shape index (κ1) is 46.5. The minimum Gasteiger partial charge on any atom is -0.866 e. The van der Waals surface area contributed by atoms with E-state index in [1.54, 1.807) is 13.8 Å². The molecule has 24 nitrogen and oxygen atoms in total. The first-order valence-electron chi connectivity index (χ1n) is 16.4. The van der Waals surface area contributed by atoms with E-state index < -0.39 is 73.9 Å². The minimum atomic E-state index is -4.64. The predicted molar refractivity (Wildman–Crippen MR) is 202 cm³/mol. The summed E-state index contributed by atoms with van der Waals surface area (Å²) < 4.78 is 67.9. The van der Waals surface area contributed by atoms with E-state index in [9.17, 15) is 66.0 Å². The second-order valence-electron chi connectivity index (χ2n) is 12.4. The Bertz CT molecular complexity index is 2910. The Kier molecular flexibility index (Phi) is 13.7. The summed E-state index contributed by atoms with van der Waals surface area (Å²) in [5, 5.41) is 69.1. The molecule has 315 valence electrons. The number of hydrogen-bond acceptors (Lipinski definition) is 18. The second-order valence-corrected chi connectivity index (χ2v) is 15.1. The molecule has 0 saturated carbocycles. The zero-order valence-electron chi connectivity index (χ0n) is 34.3. The zero-order valence-corrected chi connectivity index (χ0v) is 34.2. The maximum atomic E-state index is 12.6. The molecule has 0 spiro atoms. The molecule has 0 aliphatic carbocycles. The van der Waals surface area contributed by atoms with Crippen LogP contribution in [0.25, 0.3) is 11.4 Å². The van der Waals surface area contributed by atoms with E-state index in [0.717, 1.165) is 45.8 Å². The van der Waals surface area contributed by atoms with Crippen LogP contribution in [0, 0.1) is 47.9 Å². The van der Waals surface area contributed by atoms with Gasteiger partial charge in [0.05, 0.1) is 31.0 Å². The largest absolute Gasteiger partial charge is 3.00 e. The van der Waals surface area contributed by atoms with Gasteiger partial charge in [-0.2, -0.15) is 10.2 Å².